The average Bonchev–Trinajstić information content (AvgIpc) is 2.46. The van der Waals surface area contributed by atoms with E-state index in [1.807, 2.05) is 6.07 Å². The quantitative estimate of drug-likeness (QED) is 0.687. The summed E-state index contributed by atoms with van der Waals surface area (Å²) < 4.78 is 13.7. The molecule has 5 nitrogen and oxygen atoms in total. The van der Waals surface area contributed by atoms with E-state index in [0.29, 0.717) is 5.56 Å². The van der Waals surface area contributed by atoms with Gasteiger partial charge in [-0.15, -0.1) is 0 Å². The van der Waals surface area contributed by atoms with Gasteiger partial charge >= 0.3 is 0 Å². The number of nitrogens with zero attached hydrogens (tertiary/aromatic N) is 2. The summed E-state index contributed by atoms with van der Waals surface area (Å²) >= 11 is 5.95. The van der Waals surface area contributed by atoms with Crippen LogP contribution in [0.4, 0.5) is 15.8 Å². The van der Waals surface area contributed by atoms with Crippen LogP contribution < -0.4 is 5.32 Å². The molecule has 0 bridgehead atoms. The molecule has 0 fully saturated rings. The lowest BCUT2D eigenvalue weighted by atomic mass is 10.2. The second-order valence-electron chi connectivity index (χ2n) is 4.19. The Morgan fingerprint density at radius 1 is 1.33 bits per heavy atom. The molecule has 0 aliphatic heterocycles. The van der Waals surface area contributed by atoms with Gasteiger partial charge in [0.15, 0.2) is 0 Å². The number of nitro groups is 1. The maximum atomic E-state index is 13.7. The van der Waals surface area contributed by atoms with Crippen molar-refractivity contribution < 1.29 is 9.31 Å². The fourth-order valence-corrected chi connectivity index (χ4v) is 1.95. The Morgan fingerprint density at radius 3 is 2.67 bits per heavy atom. The Balaban J connectivity index is 2.13. The molecule has 0 radical (unpaired) electrons. The Kier molecular flexibility index (Phi) is 4.36. The zero-order valence-electron chi connectivity index (χ0n) is 10.6. The summed E-state index contributed by atoms with van der Waals surface area (Å²) in [6.45, 7) is 0.208. The van der Waals surface area contributed by atoms with Gasteiger partial charge in [0, 0.05) is 18.7 Å². The van der Waals surface area contributed by atoms with E-state index in [1.165, 1.54) is 30.3 Å². The minimum absolute atomic E-state index is 0.103. The molecule has 2 rings (SSSR count). The van der Waals surface area contributed by atoms with Gasteiger partial charge in [0.2, 0.25) is 0 Å². The van der Waals surface area contributed by atoms with Gasteiger partial charge in [-0.05, 0) is 29.8 Å². The number of nitro benzene ring substituents is 1. The van der Waals surface area contributed by atoms with E-state index in [1.54, 1.807) is 0 Å². The highest BCUT2D eigenvalue weighted by Gasteiger charge is 2.10. The van der Waals surface area contributed by atoms with E-state index in [9.17, 15) is 14.5 Å². The van der Waals surface area contributed by atoms with Crippen LogP contribution in [-0.2, 0) is 6.54 Å². The first-order chi connectivity index (χ1) is 10.0. The third kappa shape index (κ3) is 3.46. The van der Waals surface area contributed by atoms with Gasteiger partial charge in [0.25, 0.3) is 5.69 Å². The smallest absolute Gasteiger partial charge is 0.270 e. The molecule has 0 aromatic heterocycles. The summed E-state index contributed by atoms with van der Waals surface area (Å²) in [7, 11) is 0. The van der Waals surface area contributed by atoms with Crippen molar-refractivity contribution >= 4 is 23.0 Å². The molecule has 2 aromatic carbocycles. The van der Waals surface area contributed by atoms with Crippen LogP contribution in [0.1, 0.15) is 11.1 Å². The van der Waals surface area contributed by atoms with E-state index >= 15 is 0 Å². The summed E-state index contributed by atoms with van der Waals surface area (Å²) in [6, 6.07) is 9.99. The van der Waals surface area contributed by atoms with Crippen molar-refractivity contribution in [2.45, 2.75) is 6.54 Å². The number of anilines is 1. The van der Waals surface area contributed by atoms with Gasteiger partial charge in [-0.2, -0.15) is 5.26 Å². The second kappa shape index (κ2) is 6.20. The SMILES string of the molecule is N#Cc1ccc(NCc2ccc([N+](=O)[O-])cc2Cl)c(F)c1. The van der Waals surface area contributed by atoms with Crippen molar-refractivity contribution in [3.63, 3.8) is 0 Å². The molecule has 1 N–H and O–H groups in total. The third-order valence-electron chi connectivity index (χ3n) is 2.81. The number of hydrogen-bond donors (Lipinski definition) is 1. The van der Waals surface area contributed by atoms with Gasteiger partial charge in [-0.25, -0.2) is 4.39 Å². The topological polar surface area (TPSA) is 79.0 Å². The summed E-state index contributed by atoms with van der Waals surface area (Å²) in [6.07, 6.45) is 0. The first-order valence-electron chi connectivity index (χ1n) is 5.87. The molecule has 0 amide bonds. The molecule has 106 valence electrons. The van der Waals surface area contributed by atoms with Gasteiger partial charge in [-0.3, -0.25) is 10.1 Å². The Bertz CT molecular complexity index is 743. The number of nitrogens with one attached hydrogen (secondary N) is 1. The van der Waals surface area contributed by atoms with Crippen LogP contribution in [0, 0.1) is 27.3 Å². The molecule has 0 unspecified atom stereocenters. The lowest BCUT2D eigenvalue weighted by molar-refractivity contribution is -0.384. The van der Waals surface area contributed by atoms with Gasteiger partial charge in [0.1, 0.15) is 5.82 Å². The maximum absolute atomic E-state index is 13.7. The minimum Gasteiger partial charge on any atom is -0.379 e. The van der Waals surface area contributed by atoms with Crippen molar-refractivity contribution in [2.24, 2.45) is 0 Å². The molecule has 21 heavy (non-hydrogen) atoms. The largest absolute Gasteiger partial charge is 0.379 e. The monoisotopic (exact) mass is 305 g/mol. The fourth-order valence-electron chi connectivity index (χ4n) is 1.71. The molecule has 0 aliphatic carbocycles. The molecule has 0 spiro atoms. The number of nitriles is 1. The summed E-state index contributed by atoms with van der Waals surface area (Å²) in [5.41, 5.74) is 0.953. The normalized spacial score (nSPS) is 9.95. The highest BCUT2D eigenvalue weighted by molar-refractivity contribution is 6.31. The fraction of sp³-hybridized carbons (Fsp3) is 0.0714. The van der Waals surface area contributed by atoms with Crippen LogP contribution in [0.15, 0.2) is 36.4 Å². The minimum atomic E-state index is -0.549. The third-order valence-corrected chi connectivity index (χ3v) is 3.17. The molecule has 0 aliphatic rings. The van der Waals surface area contributed by atoms with Crippen LogP contribution in [0.3, 0.4) is 0 Å². The van der Waals surface area contributed by atoms with Gasteiger partial charge < -0.3 is 5.32 Å². The predicted octanol–water partition coefficient (Wildman–Crippen LogP) is 3.87. The summed E-state index contributed by atoms with van der Waals surface area (Å²) in [5.74, 6) is -0.549. The lowest BCUT2D eigenvalue weighted by Gasteiger charge is -2.09. The van der Waals surface area contributed by atoms with Crippen LogP contribution >= 0.6 is 11.6 Å². The Labute approximate surface area is 124 Å². The van der Waals surface area contributed by atoms with Crippen molar-refractivity contribution in [1.82, 2.24) is 0 Å². The van der Waals surface area contributed by atoms with Crippen LogP contribution in [-0.4, -0.2) is 4.92 Å². The summed E-state index contributed by atoms with van der Waals surface area (Å²) in [4.78, 5) is 10.1. The number of hydrogen-bond acceptors (Lipinski definition) is 4. The van der Waals surface area contributed by atoms with E-state index in [4.69, 9.17) is 16.9 Å². The van der Waals surface area contributed by atoms with Crippen molar-refractivity contribution in [3.05, 3.63) is 68.5 Å². The average molecular weight is 306 g/mol. The summed E-state index contributed by atoms with van der Waals surface area (Å²) in [5, 5.41) is 22.3. The molecular weight excluding hydrogens is 297 g/mol. The molecule has 0 saturated heterocycles. The molecule has 2 aromatic rings. The first kappa shape index (κ1) is 14.8. The number of non-ortho nitro benzene ring substituents is 1. The van der Waals surface area contributed by atoms with E-state index in [2.05, 4.69) is 5.32 Å². The van der Waals surface area contributed by atoms with Crippen LogP contribution in [0.25, 0.3) is 0 Å². The zero-order chi connectivity index (χ0) is 15.4. The number of rotatable bonds is 4. The second-order valence-corrected chi connectivity index (χ2v) is 4.60. The highest BCUT2D eigenvalue weighted by Crippen LogP contribution is 2.24. The van der Waals surface area contributed by atoms with Gasteiger partial charge in [-0.1, -0.05) is 11.6 Å². The van der Waals surface area contributed by atoms with Crippen LogP contribution in [0.2, 0.25) is 5.02 Å². The van der Waals surface area contributed by atoms with Crippen molar-refractivity contribution in [1.29, 1.82) is 5.26 Å². The van der Waals surface area contributed by atoms with E-state index < -0.39 is 10.7 Å². The van der Waals surface area contributed by atoms with Crippen molar-refractivity contribution in [3.8, 4) is 6.07 Å². The number of halogens is 2. The Hall–Kier alpha value is -2.65. The molecule has 0 atom stereocenters. The van der Waals surface area contributed by atoms with Gasteiger partial charge in [0.05, 0.1) is 27.3 Å². The predicted molar refractivity (Wildman–Crippen MR) is 76.5 cm³/mol. The van der Waals surface area contributed by atoms with Crippen LogP contribution in [0.5, 0.6) is 0 Å². The molecule has 0 heterocycles. The molecular formula is C14H9ClFN3O2. The standard InChI is InChI=1S/C14H9ClFN3O2/c15-12-6-11(19(20)21)3-2-10(12)8-18-14-4-1-9(7-17)5-13(14)16/h1-6,18H,8H2. The lowest BCUT2D eigenvalue weighted by Crippen LogP contribution is -2.02. The van der Waals surface area contributed by atoms with E-state index in [0.717, 1.165) is 6.07 Å². The molecule has 7 heteroatoms. The Morgan fingerprint density at radius 2 is 2.10 bits per heavy atom. The number of benzene rings is 2. The van der Waals surface area contributed by atoms with Crippen molar-refractivity contribution in [2.75, 3.05) is 5.32 Å². The highest BCUT2D eigenvalue weighted by atomic mass is 35.5. The molecule has 0 saturated carbocycles. The maximum Gasteiger partial charge on any atom is 0.270 e. The zero-order valence-corrected chi connectivity index (χ0v) is 11.4. The van der Waals surface area contributed by atoms with E-state index in [-0.39, 0.29) is 28.5 Å². The first-order valence-corrected chi connectivity index (χ1v) is 6.25.